The highest BCUT2D eigenvalue weighted by molar-refractivity contribution is 7.08. The van der Waals surface area contributed by atoms with Crippen LogP contribution >= 0.6 is 11.3 Å². The average Bonchev–Trinajstić information content (AvgIpc) is 2.87. The summed E-state index contributed by atoms with van der Waals surface area (Å²) in [6.07, 6.45) is 0. The average molecular weight is 251 g/mol. The Kier molecular flexibility index (Phi) is 3.59. The van der Waals surface area contributed by atoms with Crippen LogP contribution in [0, 0.1) is 12.8 Å². The summed E-state index contributed by atoms with van der Waals surface area (Å²) in [5, 5.41) is 8.15. The van der Waals surface area contributed by atoms with Crippen molar-refractivity contribution in [3.05, 3.63) is 22.2 Å². The Morgan fingerprint density at radius 3 is 2.71 bits per heavy atom. The molecule has 1 atom stereocenters. The van der Waals surface area contributed by atoms with Gasteiger partial charge < -0.3 is 10.3 Å². The zero-order chi connectivity index (χ0) is 12.4. The third-order valence-corrected chi connectivity index (χ3v) is 3.78. The predicted molar refractivity (Wildman–Crippen MR) is 69.0 cm³/mol. The molecular formula is C12H17N3OS. The topological polar surface area (TPSA) is 64.9 Å². The maximum absolute atomic E-state index is 5.74. The van der Waals surface area contributed by atoms with Gasteiger partial charge in [0, 0.05) is 17.5 Å². The van der Waals surface area contributed by atoms with Crippen LogP contribution in [-0.4, -0.2) is 16.7 Å². The van der Waals surface area contributed by atoms with E-state index in [4.69, 9.17) is 10.3 Å². The van der Waals surface area contributed by atoms with Gasteiger partial charge in [-0.05, 0) is 23.8 Å². The Balaban J connectivity index is 2.30. The molecule has 0 amide bonds. The van der Waals surface area contributed by atoms with Crippen LogP contribution in [0.25, 0.3) is 11.4 Å². The van der Waals surface area contributed by atoms with Gasteiger partial charge in [-0.2, -0.15) is 16.3 Å². The molecule has 17 heavy (non-hydrogen) atoms. The lowest BCUT2D eigenvalue weighted by Crippen LogP contribution is -2.18. The monoisotopic (exact) mass is 251 g/mol. The lowest BCUT2D eigenvalue weighted by atomic mass is 9.96. The second-order valence-corrected chi connectivity index (χ2v) is 5.25. The highest BCUT2D eigenvalue weighted by Crippen LogP contribution is 2.27. The van der Waals surface area contributed by atoms with Crippen molar-refractivity contribution >= 4 is 11.3 Å². The lowest BCUT2D eigenvalue weighted by Gasteiger charge is -2.13. The molecule has 0 aromatic carbocycles. The predicted octanol–water partition coefficient (Wildman–Crippen LogP) is 2.80. The third kappa shape index (κ3) is 2.40. The van der Waals surface area contributed by atoms with Gasteiger partial charge in [0.1, 0.15) is 0 Å². The first-order valence-corrected chi connectivity index (χ1v) is 6.64. The molecule has 0 spiro atoms. The number of thiophene rings is 1. The molecular weight excluding hydrogens is 234 g/mol. The van der Waals surface area contributed by atoms with Crippen molar-refractivity contribution in [2.45, 2.75) is 26.7 Å². The fourth-order valence-electron chi connectivity index (χ4n) is 1.74. The van der Waals surface area contributed by atoms with Crippen LogP contribution in [-0.2, 0) is 0 Å². The molecule has 92 valence electrons. The number of rotatable bonds is 4. The molecule has 0 saturated heterocycles. The van der Waals surface area contributed by atoms with Gasteiger partial charge >= 0.3 is 0 Å². The minimum atomic E-state index is 0.134. The number of aromatic nitrogens is 2. The van der Waals surface area contributed by atoms with E-state index >= 15 is 0 Å². The first-order chi connectivity index (χ1) is 8.13. The molecule has 2 heterocycles. The maximum atomic E-state index is 5.74. The summed E-state index contributed by atoms with van der Waals surface area (Å²) in [5.74, 6) is 1.84. The Bertz CT molecular complexity index is 489. The molecule has 5 heteroatoms. The Hall–Kier alpha value is -1.20. The minimum Gasteiger partial charge on any atom is -0.339 e. The molecule has 0 fully saturated rings. The number of hydrogen-bond acceptors (Lipinski definition) is 5. The van der Waals surface area contributed by atoms with Crippen LogP contribution in [0.5, 0.6) is 0 Å². The molecule has 1 unspecified atom stereocenters. The van der Waals surface area contributed by atoms with Crippen molar-refractivity contribution in [3.8, 4) is 11.4 Å². The molecule has 2 aromatic heterocycles. The molecule has 2 rings (SSSR count). The molecule has 2 N–H and O–H groups in total. The first kappa shape index (κ1) is 12.3. The van der Waals surface area contributed by atoms with Gasteiger partial charge in [0.2, 0.25) is 11.7 Å². The maximum Gasteiger partial charge on any atom is 0.231 e. The highest BCUT2D eigenvalue weighted by atomic mass is 32.1. The molecule has 4 nitrogen and oxygen atoms in total. The third-order valence-electron chi connectivity index (χ3n) is 2.91. The summed E-state index contributed by atoms with van der Waals surface area (Å²) in [5.41, 5.74) is 7.96. The van der Waals surface area contributed by atoms with E-state index in [-0.39, 0.29) is 5.92 Å². The molecule has 0 aliphatic rings. The van der Waals surface area contributed by atoms with Crippen LogP contribution in [0.1, 0.15) is 31.2 Å². The number of nitrogens with two attached hydrogens (primary N) is 1. The summed E-state index contributed by atoms with van der Waals surface area (Å²) in [7, 11) is 0. The summed E-state index contributed by atoms with van der Waals surface area (Å²) in [6.45, 7) is 6.79. The summed E-state index contributed by atoms with van der Waals surface area (Å²) < 4.78 is 5.32. The first-order valence-electron chi connectivity index (χ1n) is 5.70. The highest BCUT2D eigenvalue weighted by Gasteiger charge is 2.21. The van der Waals surface area contributed by atoms with Gasteiger partial charge in [-0.15, -0.1) is 0 Å². The smallest absolute Gasteiger partial charge is 0.231 e. The Morgan fingerprint density at radius 2 is 2.18 bits per heavy atom. The van der Waals surface area contributed by atoms with Crippen LogP contribution < -0.4 is 5.73 Å². The van der Waals surface area contributed by atoms with Crippen LogP contribution in [0.15, 0.2) is 15.3 Å². The molecule has 0 saturated carbocycles. The van der Waals surface area contributed by atoms with Gasteiger partial charge in [-0.1, -0.05) is 19.0 Å². The largest absolute Gasteiger partial charge is 0.339 e. The zero-order valence-electron chi connectivity index (χ0n) is 10.3. The quantitative estimate of drug-likeness (QED) is 0.907. The summed E-state index contributed by atoms with van der Waals surface area (Å²) in [4.78, 5) is 4.45. The Labute approximate surface area is 105 Å². The van der Waals surface area contributed by atoms with Gasteiger partial charge in [-0.25, -0.2) is 0 Å². The minimum absolute atomic E-state index is 0.134. The van der Waals surface area contributed by atoms with Crippen molar-refractivity contribution in [1.29, 1.82) is 0 Å². The normalized spacial score (nSPS) is 13.2. The zero-order valence-corrected chi connectivity index (χ0v) is 11.1. The van der Waals surface area contributed by atoms with E-state index < -0.39 is 0 Å². The second-order valence-electron chi connectivity index (χ2n) is 4.51. The van der Waals surface area contributed by atoms with E-state index in [1.807, 2.05) is 12.3 Å². The van der Waals surface area contributed by atoms with Crippen molar-refractivity contribution in [1.82, 2.24) is 10.1 Å². The van der Waals surface area contributed by atoms with Crippen LogP contribution in [0.3, 0.4) is 0 Å². The molecule has 0 aliphatic carbocycles. The lowest BCUT2D eigenvalue weighted by molar-refractivity contribution is 0.324. The second kappa shape index (κ2) is 4.98. The van der Waals surface area contributed by atoms with Crippen molar-refractivity contribution in [2.75, 3.05) is 6.54 Å². The van der Waals surface area contributed by atoms with Crippen molar-refractivity contribution in [3.63, 3.8) is 0 Å². The SMILES string of the molecule is Cc1cscc1-c1noc(C(CN)C(C)C)n1. The molecule has 0 bridgehead atoms. The van der Waals surface area contributed by atoms with E-state index in [1.54, 1.807) is 11.3 Å². The standard InChI is InChI=1S/C12H17N3OS/c1-7(2)9(4-13)12-14-11(15-16-12)10-6-17-5-8(10)3/h5-7,9H,4,13H2,1-3H3. The Morgan fingerprint density at radius 1 is 1.41 bits per heavy atom. The molecule has 0 aliphatic heterocycles. The molecule has 0 radical (unpaired) electrons. The van der Waals surface area contributed by atoms with Crippen LogP contribution in [0.4, 0.5) is 0 Å². The van der Waals surface area contributed by atoms with E-state index in [9.17, 15) is 0 Å². The van der Waals surface area contributed by atoms with E-state index in [0.717, 1.165) is 5.56 Å². The molecule has 2 aromatic rings. The van der Waals surface area contributed by atoms with E-state index in [2.05, 4.69) is 29.4 Å². The summed E-state index contributed by atoms with van der Waals surface area (Å²) >= 11 is 1.64. The van der Waals surface area contributed by atoms with E-state index in [1.165, 1.54) is 5.56 Å². The van der Waals surface area contributed by atoms with E-state index in [0.29, 0.717) is 24.2 Å². The van der Waals surface area contributed by atoms with Gasteiger partial charge in [0.25, 0.3) is 0 Å². The van der Waals surface area contributed by atoms with Crippen LogP contribution in [0.2, 0.25) is 0 Å². The van der Waals surface area contributed by atoms with Gasteiger partial charge in [0.05, 0.1) is 5.92 Å². The summed E-state index contributed by atoms with van der Waals surface area (Å²) in [6, 6.07) is 0. The number of hydrogen-bond donors (Lipinski definition) is 1. The fourth-order valence-corrected chi connectivity index (χ4v) is 2.57. The van der Waals surface area contributed by atoms with Crippen molar-refractivity contribution in [2.24, 2.45) is 11.7 Å². The van der Waals surface area contributed by atoms with Gasteiger partial charge in [-0.3, -0.25) is 0 Å². The fraction of sp³-hybridized carbons (Fsp3) is 0.500. The number of nitrogens with zero attached hydrogens (tertiary/aromatic N) is 2. The van der Waals surface area contributed by atoms with Gasteiger partial charge in [0.15, 0.2) is 0 Å². The van der Waals surface area contributed by atoms with Crippen molar-refractivity contribution < 1.29 is 4.52 Å². The number of aryl methyl sites for hydroxylation is 1.